The van der Waals surface area contributed by atoms with Gasteiger partial charge < -0.3 is 9.73 Å². The van der Waals surface area contributed by atoms with Crippen molar-refractivity contribution in [3.05, 3.63) is 23.2 Å². The number of nitrogens with zero attached hydrogens (tertiary/aromatic N) is 1. The molecule has 1 amide bonds. The third-order valence-corrected chi connectivity index (χ3v) is 5.52. The standard InChI is InChI=1S/C16H26N2O4S/c1-11(2)15-8-14(12(3)22-15)16(19)17-9-13-6-5-7-18(10-13)23(4,20)21/h8,11,13H,5-7,9-10H2,1-4H3,(H,17,19)/t13-/m1/s1. The van der Waals surface area contributed by atoms with Gasteiger partial charge in [0.25, 0.3) is 5.91 Å². The van der Waals surface area contributed by atoms with Crippen molar-refractivity contribution < 1.29 is 17.6 Å². The third kappa shape index (κ3) is 4.57. The zero-order chi connectivity index (χ0) is 17.2. The minimum Gasteiger partial charge on any atom is -0.465 e. The number of sulfonamides is 1. The van der Waals surface area contributed by atoms with Crippen LogP contribution in [0.2, 0.25) is 0 Å². The molecule has 130 valence electrons. The Kier molecular flexibility index (Phi) is 5.52. The highest BCUT2D eigenvalue weighted by Crippen LogP contribution is 2.22. The fourth-order valence-corrected chi connectivity index (χ4v) is 3.78. The second kappa shape index (κ2) is 7.05. The summed E-state index contributed by atoms with van der Waals surface area (Å²) in [7, 11) is -3.16. The van der Waals surface area contributed by atoms with Gasteiger partial charge in [-0.05, 0) is 31.7 Å². The maximum Gasteiger partial charge on any atom is 0.254 e. The van der Waals surface area contributed by atoms with Crippen LogP contribution in [0.4, 0.5) is 0 Å². The van der Waals surface area contributed by atoms with Crippen molar-refractivity contribution in [1.29, 1.82) is 0 Å². The number of piperidine rings is 1. The van der Waals surface area contributed by atoms with E-state index < -0.39 is 10.0 Å². The predicted octanol–water partition coefficient (Wildman–Crippen LogP) is 2.11. The topological polar surface area (TPSA) is 79.6 Å². The lowest BCUT2D eigenvalue weighted by molar-refractivity contribution is 0.0940. The summed E-state index contributed by atoms with van der Waals surface area (Å²) in [6, 6.07) is 1.79. The summed E-state index contributed by atoms with van der Waals surface area (Å²) in [5.74, 6) is 1.65. The first-order valence-corrected chi connectivity index (χ1v) is 9.87. The minimum atomic E-state index is -3.16. The van der Waals surface area contributed by atoms with E-state index in [0.717, 1.165) is 18.6 Å². The van der Waals surface area contributed by atoms with E-state index in [1.807, 2.05) is 13.8 Å². The quantitative estimate of drug-likeness (QED) is 0.889. The predicted molar refractivity (Wildman–Crippen MR) is 89.0 cm³/mol. The molecular formula is C16H26N2O4S. The van der Waals surface area contributed by atoms with Gasteiger partial charge in [-0.1, -0.05) is 13.8 Å². The fraction of sp³-hybridized carbons (Fsp3) is 0.688. The van der Waals surface area contributed by atoms with E-state index in [4.69, 9.17) is 4.42 Å². The fourth-order valence-electron chi connectivity index (χ4n) is 2.84. The van der Waals surface area contributed by atoms with Gasteiger partial charge >= 0.3 is 0 Å². The molecule has 0 saturated carbocycles. The van der Waals surface area contributed by atoms with Crippen LogP contribution in [0.1, 0.15) is 54.5 Å². The van der Waals surface area contributed by atoms with Crippen molar-refractivity contribution >= 4 is 15.9 Å². The summed E-state index contributed by atoms with van der Waals surface area (Å²) >= 11 is 0. The molecule has 1 atom stereocenters. The molecule has 1 aromatic rings. The van der Waals surface area contributed by atoms with Crippen LogP contribution >= 0.6 is 0 Å². The Morgan fingerprint density at radius 2 is 2.17 bits per heavy atom. The summed E-state index contributed by atoms with van der Waals surface area (Å²) in [6.07, 6.45) is 2.99. The van der Waals surface area contributed by atoms with E-state index in [1.54, 1.807) is 13.0 Å². The number of hydrogen-bond acceptors (Lipinski definition) is 4. The van der Waals surface area contributed by atoms with Crippen molar-refractivity contribution in [1.82, 2.24) is 9.62 Å². The number of furan rings is 1. The average Bonchev–Trinajstić information content (AvgIpc) is 2.86. The molecule has 0 radical (unpaired) electrons. The van der Waals surface area contributed by atoms with Crippen LogP contribution in [0.5, 0.6) is 0 Å². The Hall–Kier alpha value is -1.34. The van der Waals surface area contributed by atoms with Crippen molar-refractivity contribution in [2.45, 2.75) is 39.5 Å². The summed E-state index contributed by atoms with van der Waals surface area (Å²) in [4.78, 5) is 12.3. The molecular weight excluding hydrogens is 316 g/mol. The molecule has 0 spiro atoms. The number of rotatable bonds is 5. The molecule has 2 rings (SSSR count). The van der Waals surface area contributed by atoms with E-state index in [2.05, 4.69) is 5.32 Å². The van der Waals surface area contributed by atoms with Gasteiger partial charge in [0.1, 0.15) is 11.5 Å². The second-order valence-corrected chi connectivity index (χ2v) is 8.60. The lowest BCUT2D eigenvalue weighted by atomic mass is 9.99. The molecule has 1 fully saturated rings. The summed E-state index contributed by atoms with van der Waals surface area (Å²) < 4.78 is 30.4. The molecule has 1 aliphatic rings. The minimum absolute atomic E-state index is 0.152. The van der Waals surface area contributed by atoms with Gasteiger partial charge in [0.2, 0.25) is 10.0 Å². The van der Waals surface area contributed by atoms with Crippen LogP contribution in [-0.4, -0.2) is 44.5 Å². The Morgan fingerprint density at radius 3 is 2.74 bits per heavy atom. The lowest BCUT2D eigenvalue weighted by Gasteiger charge is -2.30. The molecule has 23 heavy (non-hydrogen) atoms. The van der Waals surface area contributed by atoms with Gasteiger partial charge in [-0.2, -0.15) is 0 Å². The summed E-state index contributed by atoms with van der Waals surface area (Å²) in [5, 5.41) is 2.91. The maximum absolute atomic E-state index is 12.3. The SMILES string of the molecule is Cc1oc(C(C)C)cc1C(=O)NC[C@H]1CCCN(S(C)(=O)=O)C1. The number of amides is 1. The number of hydrogen-bond donors (Lipinski definition) is 1. The Balaban J connectivity index is 1.94. The smallest absolute Gasteiger partial charge is 0.254 e. The van der Waals surface area contributed by atoms with Crippen molar-refractivity contribution in [3.8, 4) is 0 Å². The van der Waals surface area contributed by atoms with Gasteiger partial charge in [0, 0.05) is 25.6 Å². The molecule has 0 unspecified atom stereocenters. The number of carbonyl (C=O) groups is 1. The molecule has 1 N–H and O–H groups in total. The highest BCUT2D eigenvalue weighted by Gasteiger charge is 2.26. The zero-order valence-electron chi connectivity index (χ0n) is 14.3. The second-order valence-electron chi connectivity index (χ2n) is 6.61. The number of carbonyl (C=O) groups excluding carboxylic acids is 1. The summed E-state index contributed by atoms with van der Waals surface area (Å²) in [6.45, 7) is 7.34. The molecule has 7 heteroatoms. The zero-order valence-corrected chi connectivity index (χ0v) is 15.1. The molecule has 0 aromatic carbocycles. The largest absolute Gasteiger partial charge is 0.465 e. The van der Waals surface area contributed by atoms with E-state index in [-0.39, 0.29) is 17.7 Å². The average molecular weight is 342 g/mol. The normalized spacial score (nSPS) is 20.0. The molecule has 6 nitrogen and oxygen atoms in total. The first kappa shape index (κ1) is 18.0. The monoisotopic (exact) mass is 342 g/mol. The van der Waals surface area contributed by atoms with E-state index in [0.29, 0.717) is 31.0 Å². The van der Waals surface area contributed by atoms with E-state index >= 15 is 0 Å². The van der Waals surface area contributed by atoms with Crippen molar-refractivity contribution in [3.63, 3.8) is 0 Å². The molecule has 0 aliphatic carbocycles. The van der Waals surface area contributed by atoms with Gasteiger partial charge in [0.05, 0.1) is 11.8 Å². The van der Waals surface area contributed by atoms with Crippen LogP contribution in [0.3, 0.4) is 0 Å². The highest BCUT2D eigenvalue weighted by molar-refractivity contribution is 7.88. The van der Waals surface area contributed by atoms with E-state index in [9.17, 15) is 13.2 Å². The third-order valence-electron chi connectivity index (χ3n) is 4.25. The van der Waals surface area contributed by atoms with Gasteiger partial charge in [0.15, 0.2) is 0 Å². The first-order chi connectivity index (χ1) is 10.7. The van der Waals surface area contributed by atoms with Crippen molar-refractivity contribution in [2.75, 3.05) is 25.9 Å². The maximum atomic E-state index is 12.3. The molecule has 1 aromatic heterocycles. The summed E-state index contributed by atoms with van der Waals surface area (Å²) in [5.41, 5.74) is 0.560. The molecule has 0 bridgehead atoms. The molecule has 2 heterocycles. The van der Waals surface area contributed by atoms with Crippen LogP contribution in [0, 0.1) is 12.8 Å². The Morgan fingerprint density at radius 1 is 1.48 bits per heavy atom. The van der Waals surface area contributed by atoms with Gasteiger partial charge in [-0.15, -0.1) is 0 Å². The van der Waals surface area contributed by atoms with Crippen LogP contribution < -0.4 is 5.32 Å². The van der Waals surface area contributed by atoms with Gasteiger partial charge in [-0.25, -0.2) is 12.7 Å². The van der Waals surface area contributed by atoms with Crippen LogP contribution in [0.15, 0.2) is 10.5 Å². The van der Waals surface area contributed by atoms with E-state index in [1.165, 1.54) is 10.6 Å². The first-order valence-electron chi connectivity index (χ1n) is 8.02. The Labute approximate surface area is 138 Å². The number of aryl methyl sites for hydroxylation is 1. The van der Waals surface area contributed by atoms with Crippen molar-refractivity contribution in [2.24, 2.45) is 5.92 Å². The molecule has 1 saturated heterocycles. The molecule has 1 aliphatic heterocycles. The number of nitrogens with one attached hydrogen (secondary N) is 1. The van der Waals surface area contributed by atoms with Crippen LogP contribution in [0.25, 0.3) is 0 Å². The van der Waals surface area contributed by atoms with Crippen LogP contribution in [-0.2, 0) is 10.0 Å². The van der Waals surface area contributed by atoms with Gasteiger partial charge in [-0.3, -0.25) is 4.79 Å². The Bertz CT molecular complexity index is 664. The lowest BCUT2D eigenvalue weighted by Crippen LogP contribution is -2.43. The highest BCUT2D eigenvalue weighted by atomic mass is 32.2.